The average Bonchev–Trinajstić information content (AvgIpc) is 2.90. The van der Waals surface area contributed by atoms with Crippen LogP contribution < -0.4 is 5.32 Å². The lowest BCUT2D eigenvalue weighted by atomic mass is 10.0. The van der Waals surface area contributed by atoms with E-state index >= 15 is 0 Å². The molecule has 2 aromatic carbocycles. The molecule has 1 atom stereocenters. The molecule has 0 spiro atoms. The van der Waals surface area contributed by atoms with Gasteiger partial charge in [-0.1, -0.05) is 36.4 Å². The van der Waals surface area contributed by atoms with Crippen LogP contribution in [0, 0.1) is 0 Å². The first-order valence-electron chi connectivity index (χ1n) is 8.16. The smallest absolute Gasteiger partial charge is 0.229 e. The Balaban J connectivity index is 1.58. The molecular weight excluding hydrogens is 304 g/mol. The maximum atomic E-state index is 12.1. The molecule has 0 saturated carbocycles. The Morgan fingerprint density at radius 1 is 1.08 bits per heavy atom. The van der Waals surface area contributed by atoms with Crippen molar-refractivity contribution in [2.45, 2.75) is 32.2 Å². The molecule has 1 aliphatic heterocycles. The van der Waals surface area contributed by atoms with Crippen LogP contribution in [0.2, 0.25) is 0 Å². The van der Waals surface area contributed by atoms with Crippen molar-refractivity contribution in [2.24, 2.45) is 0 Å². The van der Waals surface area contributed by atoms with Gasteiger partial charge < -0.3 is 5.32 Å². The zero-order valence-corrected chi connectivity index (χ0v) is 13.6. The van der Waals surface area contributed by atoms with Crippen molar-refractivity contribution >= 4 is 28.5 Å². The summed E-state index contributed by atoms with van der Waals surface area (Å²) in [5.74, 6) is -0.533. The minimum atomic E-state index is -0.185. The van der Waals surface area contributed by atoms with Gasteiger partial charge in [-0.25, -0.2) is 0 Å². The second kappa shape index (κ2) is 6.83. The van der Waals surface area contributed by atoms with Crippen LogP contribution >= 0.6 is 0 Å². The van der Waals surface area contributed by atoms with E-state index in [1.165, 1.54) is 4.90 Å². The predicted molar refractivity (Wildman–Crippen MR) is 91.1 cm³/mol. The number of likely N-dealkylation sites (tertiary alicyclic amines) is 1. The van der Waals surface area contributed by atoms with E-state index in [0.717, 1.165) is 16.3 Å². The van der Waals surface area contributed by atoms with Gasteiger partial charge in [0.05, 0.1) is 6.04 Å². The van der Waals surface area contributed by atoms with Crippen LogP contribution in [0.25, 0.3) is 10.8 Å². The van der Waals surface area contributed by atoms with Crippen molar-refractivity contribution in [1.82, 2.24) is 10.2 Å². The summed E-state index contributed by atoms with van der Waals surface area (Å²) in [6.45, 7) is 2.09. The number of hydrogen-bond donors (Lipinski definition) is 1. The molecule has 1 unspecified atom stereocenters. The van der Waals surface area contributed by atoms with Crippen molar-refractivity contribution in [3.63, 3.8) is 0 Å². The van der Waals surface area contributed by atoms with Crippen LogP contribution in [0.1, 0.15) is 37.8 Å². The molecular formula is C19H20N2O3. The first-order chi connectivity index (χ1) is 11.5. The van der Waals surface area contributed by atoms with E-state index in [2.05, 4.69) is 11.4 Å². The number of rotatable bonds is 5. The van der Waals surface area contributed by atoms with Gasteiger partial charge in [0, 0.05) is 25.8 Å². The Bertz CT molecular complexity index is 784. The van der Waals surface area contributed by atoms with Gasteiger partial charge in [-0.2, -0.15) is 0 Å². The summed E-state index contributed by atoms with van der Waals surface area (Å²) in [4.78, 5) is 36.4. The van der Waals surface area contributed by atoms with Crippen LogP contribution in [0.5, 0.6) is 0 Å². The summed E-state index contributed by atoms with van der Waals surface area (Å²) in [6.07, 6.45) is 0.650. The van der Waals surface area contributed by atoms with Crippen molar-refractivity contribution in [1.29, 1.82) is 0 Å². The molecule has 1 aliphatic rings. The predicted octanol–water partition coefficient (Wildman–Crippen LogP) is 2.56. The number of imide groups is 1. The molecule has 3 amide bonds. The quantitative estimate of drug-likeness (QED) is 0.860. The van der Waals surface area contributed by atoms with Gasteiger partial charge in [-0.3, -0.25) is 19.3 Å². The summed E-state index contributed by atoms with van der Waals surface area (Å²) in [5, 5.41) is 5.21. The molecule has 5 heteroatoms. The number of carbonyl (C=O) groups is 3. The van der Waals surface area contributed by atoms with Crippen LogP contribution in [0.4, 0.5) is 0 Å². The second-order valence-electron chi connectivity index (χ2n) is 6.08. The summed E-state index contributed by atoms with van der Waals surface area (Å²) in [5.41, 5.74) is 1.02. The Labute approximate surface area is 140 Å². The highest BCUT2D eigenvalue weighted by atomic mass is 16.2. The molecule has 0 bridgehead atoms. The first kappa shape index (κ1) is 16.2. The highest BCUT2D eigenvalue weighted by molar-refractivity contribution is 6.02. The van der Waals surface area contributed by atoms with Gasteiger partial charge in [-0.15, -0.1) is 0 Å². The van der Waals surface area contributed by atoms with E-state index in [1.54, 1.807) is 0 Å². The van der Waals surface area contributed by atoms with Crippen molar-refractivity contribution in [3.05, 3.63) is 48.0 Å². The Kier molecular flexibility index (Phi) is 4.60. The van der Waals surface area contributed by atoms with Gasteiger partial charge in [-0.05, 0) is 29.3 Å². The number of fused-ring (bicyclic) bond motifs is 1. The standard InChI is InChI=1S/C19H20N2O3/c1-13(15-7-6-14-4-2-3-5-16(14)12-15)20-17(22)10-11-21-18(23)8-9-19(21)24/h2-7,12-13H,8-11H2,1H3,(H,20,22). The lowest BCUT2D eigenvalue weighted by Crippen LogP contribution is -2.34. The molecule has 2 aromatic rings. The van der Waals surface area contributed by atoms with E-state index in [4.69, 9.17) is 0 Å². The Morgan fingerprint density at radius 3 is 2.46 bits per heavy atom. The molecule has 1 saturated heterocycles. The summed E-state index contributed by atoms with van der Waals surface area (Å²) < 4.78 is 0. The summed E-state index contributed by atoms with van der Waals surface area (Å²) in [6, 6.07) is 14.0. The highest BCUT2D eigenvalue weighted by Crippen LogP contribution is 2.20. The molecule has 0 aliphatic carbocycles. The molecule has 24 heavy (non-hydrogen) atoms. The maximum Gasteiger partial charge on any atom is 0.229 e. The number of nitrogens with zero attached hydrogens (tertiary/aromatic N) is 1. The molecule has 0 radical (unpaired) electrons. The van der Waals surface area contributed by atoms with E-state index in [9.17, 15) is 14.4 Å². The van der Waals surface area contributed by atoms with E-state index in [0.29, 0.717) is 0 Å². The Morgan fingerprint density at radius 2 is 1.75 bits per heavy atom. The fourth-order valence-electron chi connectivity index (χ4n) is 2.96. The third-order valence-corrected chi connectivity index (χ3v) is 4.37. The topological polar surface area (TPSA) is 66.5 Å². The average molecular weight is 324 g/mol. The monoisotopic (exact) mass is 324 g/mol. The molecule has 5 nitrogen and oxygen atoms in total. The fraction of sp³-hybridized carbons (Fsp3) is 0.316. The maximum absolute atomic E-state index is 12.1. The minimum absolute atomic E-state index is 0.132. The largest absolute Gasteiger partial charge is 0.350 e. The van der Waals surface area contributed by atoms with Crippen LogP contribution in [0.15, 0.2) is 42.5 Å². The van der Waals surface area contributed by atoms with Crippen molar-refractivity contribution in [2.75, 3.05) is 6.54 Å². The second-order valence-corrected chi connectivity index (χ2v) is 6.08. The van der Waals surface area contributed by atoms with Crippen molar-refractivity contribution in [3.8, 4) is 0 Å². The van der Waals surface area contributed by atoms with Gasteiger partial charge in [0.15, 0.2) is 0 Å². The normalized spacial score (nSPS) is 15.8. The van der Waals surface area contributed by atoms with Crippen LogP contribution in [0.3, 0.4) is 0 Å². The highest BCUT2D eigenvalue weighted by Gasteiger charge is 2.28. The van der Waals surface area contributed by atoms with Crippen LogP contribution in [-0.4, -0.2) is 29.2 Å². The molecule has 0 aromatic heterocycles. The number of hydrogen-bond acceptors (Lipinski definition) is 3. The first-order valence-corrected chi connectivity index (χ1v) is 8.16. The molecule has 1 N–H and O–H groups in total. The molecule has 1 heterocycles. The molecule has 3 rings (SSSR count). The van der Waals surface area contributed by atoms with E-state index < -0.39 is 0 Å². The summed E-state index contributed by atoms with van der Waals surface area (Å²) >= 11 is 0. The third-order valence-electron chi connectivity index (χ3n) is 4.37. The van der Waals surface area contributed by atoms with Gasteiger partial charge in [0.2, 0.25) is 17.7 Å². The molecule has 124 valence electrons. The lowest BCUT2D eigenvalue weighted by Gasteiger charge is -2.17. The molecule has 1 fully saturated rings. The Hall–Kier alpha value is -2.69. The van der Waals surface area contributed by atoms with Gasteiger partial charge in [0.1, 0.15) is 0 Å². The van der Waals surface area contributed by atoms with E-state index in [-0.39, 0.29) is 49.6 Å². The number of amides is 3. The van der Waals surface area contributed by atoms with Crippen LogP contribution in [-0.2, 0) is 14.4 Å². The zero-order valence-electron chi connectivity index (χ0n) is 13.6. The lowest BCUT2D eigenvalue weighted by molar-refractivity contribution is -0.138. The summed E-state index contributed by atoms with van der Waals surface area (Å²) in [7, 11) is 0. The number of benzene rings is 2. The fourth-order valence-corrected chi connectivity index (χ4v) is 2.96. The number of carbonyl (C=O) groups excluding carboxylic acids is 3. The minimum Gasteiger partial charge on any atom is -0.350 e. The SMILES string of the molecule is CC(NC(=O)CCN1C(=O)CCC1=O)c1ccc2ccccc2c1. The number of nitrogens with one attached hydrogen (secondary N) is 1. The van der Waals surface area contributed by atoms with Gasteiger partial charge in [0.25, 0.3) is 0 Å². The van der Waals surface area contributed by atoms with E-state index in [1.807, 2.05) is 43.3 Å². The zero-order chi connectivity index (χ0) is 17.1. The third kappa shape index (κ3) is 3.45. The van der Waals surface area contributed by atoms with Crippen molar-refractivity contribution < 1.29 is 14.4 Å². The van der Waals surface area contributed by atoms with Gasteiger partial charge >= 0.3 is 0 Å².